The highest BCUT2D eigenvalue weighted by Crippen LogP contribution is 2.54. The molecule has 0 unspecified atom stereocenters. The fourth-order valence-corrected chi connectivity index (χ4v) is 2.28. The van der Waals surface area contributed by atoms with Crippen LogP contribution in [0.5, 0.6) is 0 Å². The van der Waals surface area contributed by atoms with Crippen LogP contribution >= 0.6 is 7.29 Å². The molecule has 0 aliphatic rings. The molecule has 88 valence electrons. The minimum Gasteiger partial charge on any atom is -0.297 e. The lowest BCUT2D eigenvalue weighted by molar-refractivity contribution is -0.112. The molecule has 0 aromatic rings. The molecule has 0 N–H and O–H groups in total. The van der Waals surface area contributed by atoms with Crippen molar-refractivity contribution in [1.29, 1.82) is 0 Å². The van der Waals surface area contributed by atoms with Crippen molar-refractivity contribution in [1.82, 2.24) is 0 Å². The fraction of sp³-hybridized carbons (Fsp3) is 0.800. The van der Waals surface area contributed by atoms with Crippen molar-refractivity contribution < 1.29 is 35.7 Å². The van der Waals surface area contributed by atoms with Crippen LogP contribution < -0.4 is 0 Å². The molecule has 0 amide bonds. The quantitative estimate of drug-likeness (QED) is 0.337. The van der Waals surface area contributed by atoms with Gasteiger partial charge in [-0.1, -0.05) is 0 Å². The first-order valence-electron chi connectivity index (χ1n) is 3.28. The van der Waals surface area contributed by atoms with Crippen molar-refractivity contribution in [3.8, 4) is 0 Å². The monoisotopic (exact) mass is 255 g/mol. The Hall–Kier alpha value is -0.810. The van der Waals surface area contributed by atoms with E-state index in [0.29, 0.717) is 6.08 Å². The smallest absolute Gasteiger partial charge is 0.297 e. The Morgan fingerprint density at radius 3 is 1.53 bits per heavy atom. The maximum absolute atomic E-state index is 11.7. The highest BCUT2D eigenvalue weighted by Gasteiger charge is 2.46. The lowest BCUT2D eigenvalue weighted by Gasteiger charge is -2.15. The summed E-state index contributed by atoms with van der Waals surface area (Å²) in [7, 11) is -5.01. The van der Waals surface area contributed by atoms with Gasteiger partial charge in [0.15, 0.2) is 0 Å². The Kier molecular flexibility index (Phi) is 4.13. The molecule has 15 heavy (non-hydrogen) atoms. The van der Waals surface area contributed by atoms with Gasteiger partial charge >= 0.3 is 12.4 Å². The molecular weight excluding hydrogens is 251 g/mol. The van der Waals surface area contributed by atoms with Crippen molar-refractivity contribution in [3.05, 3.63) is 0 Å². The third-order valence-electron chi connectivity index (χ3n) is 1.08. The van der Waals surface area contributed by atoms with Crippen LogP contribution in [0.1, 0.15) is 0 Å². The Bertz CT molecular complexity index is 294. The molecule has 0 heterocycles. The van der Waals surface area contributed by atoms with E-state index in [9.17, 15) is 35.7 Å². The molecule has 3 nitrogen and oxygen atoms in total. The van der Waals surface area contributed by atoms with E-state index in [0.717, 1.165) is 0 Å². The molecule has 0 saturated heterocycles. The first-order valence-corrected chi connectivity index (χ1v) is 5.31. The number of hydrogen-bond acceptors (Lipinski definition) is 2. The summed E-state index contributed by atoms with van der Waals surface area (Å²) in [5.41, 5.74) is 0. The van der Waals surface area contributed by atoms with E-state index in [-0.39, 0.29) is 0 Å². The van der Waals surface area contributed by atoms with E-state index in [1.54, 1.807) is 0 Å². The second-order valence-corrected chi connectivity index (χ2v) is 5.11. The predicted octanol–water partition coefficient (Wildman–Crippen LogP) is 2.72. The van der Waals surface area contributed by atoms with Crippen molar-refractivity contribution in [2.24, 2.45) is 4.76 Å². The Labute approximate surface area is 79.6 Å². The number of nitrogens with zero attached hydrogens (tertiary/aromatic N) is 1. The average molecular weight is 255 g/mol. The molecule has 10 heteroatoms. The molecular formula is C5H4F6NO2P. The lowest BCUT2D eigenvalue weighted by Crippen LogP contribution is -2.21. The van der Waals surface area contributed by atoms with Gasteiger partial charge < -0.3 is 0 Å². The number of carbonyl (C=O) groups excluding carboxylic acids is 1. The standard InChI is InChI=1S/C5H4F6NO2P/c6-4(7,8)1-15(14,12-3-13)2-5(9,10)11/h1-2H2. The van der Waals surface area contributed by atoms with E-state index < -0.39 is 32.0 Å². The first-order chi connectivity index (χ1) is 6.47. The summed E-state index contributed by atoms with van der Waals surface area (Å²) in [6.07, 6.45) is -14.2. The van der Waals surface area contributed by atoms with Gasteiger partial charge in [0.05, 0.1) is 0 Å². The van der Waals surface area contributed by atoms with E-state index in [1.165, 1.54) is 0 Å². The lowest BCUT2D eigenvalue weighted by atomic mass is 10.8. The van der Waals surface area contributed by atoms with Gasteiger partial charge in [0.2, 0.25) is 13.4 Å². The van der Waals surface area contributed by atoms with E-state index in [1.807, 2.05) is 0 Å². The summed E-state index contributed by atoms with van der Waals surface area (Å²) in [6.45, 7) is 0. The van der Waals surface area contributed by atoms with Crippen LogP contribution in [0.15, 0.2) is 4.76 Å². The van der Waals surface area contributed by atoms with Gasteiger partial charge in [-0.25, -0.2) is 4.79 Å². The van der Waals surface area contributed by atoms with E-state index in [2.05, 4.69) is 4.76 Å². The summed E-state index contributed by atoms with van der Waals surface area (Å²) in [6, 6.07) is 0. The minimum absolute atomic E-state index is 0.465. The number of rotatable bonds is 3. The van der Waals surface area contributed by atoms with Crippen LogP contribution in [-0.2, 0) is 9.36 Å². The zero-order valence-corrected chi connectivity index (χ0v) is 7.79. The molecule has 0 aliphatic carbocycles. The number of halogens is 6. The minimum atomic E-state index is -5.08. The second-order valence-electron chi connectivity index (χ2n) is 2.58. The van der Waals surface area contributed by atoms with Crippen LogP contribution in [-0.4, -0.2) is 30.8 Å². The number of isocyanates is 1. The normalized spacial score (nSPS) is 13.5. The highest BCUT2D eigenvalue weighted by molar-refractivity contribution is 7.62. The van der Waals surface area contributed by atoms with Crippen molar-refractivity contribution in [2.75, 3.05) is 12.3 Å². The Morgan fingerprint density at radius 1 is 1.00 bits per heavy atom. The molecule has 0 bridgehead atoms. The molecule has 0 spiro atoms. The van der Waals surface area contributed by atoms with Gasteiger partial charge in [-0.15, -0.1) is 4.76 Å². The molecule has 0 aromatic carbocycles. The second kappa shape index (κ2) is 4.37. The molecule has 0 saturated carbocycles. The van der Waals surface area contributed by atoms with Gasteiger partial charge in [0, 0.05) is 0 Å². The summed E-state index contributed by atoms with van der Waals surface area (Å²) in [5.74, 6) is 0. The van der Waals surface area contributed by atoms with Crippen LogP contribution in [0, 0.1) is 0 Å². The maximum Gasteiger partial charge on any atom is 0.397 e. The zero-order chi connectivity index (χ0) is 12.3. The molecule has 0 aliphatic heterocycles. The van der Waals surface area contributed by atoms with Gasteiger partial charge in [0.25, 0.3) is 0 Å². The topological polar surface area (TPSA) is 46.5 Å². The van der Waals surface area contributed by atoms with E-state index in [4.69, 9.17) is 0 Å². The maximum atomic E-state index is 11.7. The zero-order valence-electron chi connectivity index (χ0n) is 6.89. The van der Waals surface area contributed by atoms with Crippen molar-refractivity contribution in [2.45, 2.75) is 12.4 Å². The van der Waals surface area contributed by atoms with Gasteiger partial charge in [-0.2, -0.15) is 26.3 Å². The first kappa shape index (κ1) is 14.2. The third kappa shape index (κ3) is 7.16. The molecule has 0 atom stereocenters. The van der Waals surface area contributed by atoms with Gasteiger partial charge in [-0.3, -0.25) is 4.57 Å². The van der Waals surface area contributed by atoms with Crippen LogP contribution in [0.25, 0.3) is 0 Å². The van der Waals surface area contributed by atoms with Gasteiger partial charge in [0.1, 0.15) is 12.3 Å². The molecule has 0 fully saturated rings. The Balaban J connectivity index is 4.93. The van der Waals surface area contributed by atoms with Crippen molar-refractivity contribution >= 4 is 13.4 Å². The third-order valence-corrected chi connectivity index (χ3v) is 3.23. The van der Waals surface area contributed by atoms with Crippen LogP contribution in [0.2, 0.25) is 0 Å². The van der Waals surface area contributed by atoms with Crippen LogP contribution in [0.4, 0.5) is 26.3 Å². The largest absolute Gasteiger partial charge is 0.397 e. The predicted molar refractivity (Wildman–Crippen MR) is 37.6 cm³/mol. The summed E-state index contributed by atoms with van der Waals surface area (Å²) < 4.78 is 83.4. The average Bonchev–Trinajstić information content (AvgIpc) is 1.74. The molecule has 0 rings (SSSR count). The fourth-order valence-electron chi connectivity index (χ4n) is 0.761. The summed E-state index contributed by atoms with van der Waals surface area (Å²) >= 11 is 0. The van der Waals surface area contributed by atoms with Crippen LogP contribution in [0.3, 0.4) is 0 Å². The van der Waals surface area contributed by atoms with Gasteiger partial charge in [-0.05, 0) is 0 Å². The number of hydrogen-bond donors (Lipinski definition) is 0. The molecule has 0 radical (unpaired) electrons. The highest BCUT2D eigenvalue weighted by atomic mass is 31.2. The number of alkyl halides is 6. The summed E-state index contributed by atoms with van der Waals surface area (Å²) in [4.78, 5) is 9.59. The summed E-state index contributed by atoms with van der Waals surface area (Å²) in [5, 5.41) is 0. The molecule has 0 aromatic heterocycles. The van der Waals surface area contributed by atoms with E-state index >= 15 is 0 Å². The van der Waals surface area contributed by atoms with Crippen molar-refractivity contribution in [3.63, 3.8) is 0 Å². The SMILES string of the molecule is O=C=NP(=O)(CC(F)(F)F)CC(F)(F)F. The Morgan fingerprint density at radius 2 is 1.33 bits per heavy atom.